The minimum Gasteiger partial charge on any atom is -0.341 e. The van der Waals surface area contributed by atoms with Crippen LogP contribution in [0.4, 0.5) is 0 Å². The zero-order chi connectivity index (χ0) is 9.42. The van der Waals surface area contributed by atoms with Gasteiger partial charge in [-0.3, -0.25) is 4.79 Å². The Balaban J connectivity index is 2.50. The van der Waals surface area contributed by atoms with Gasteiger partial charge < -0.3 is 4.90 Å². The van der Waals surface area contributed by atoms with Crippen LogP contribution in [0.1, 0.15) is 16.1 Å². The molecular weight excluding hydrogens is 188 g/mol. The van der Waals surface area contributed by atoms with Crippen LogP contribution in [0, 0.1) is 0 Å². The minimum absolute atomic E-state index is 0.0328. The molecule has 1 amide bonds. The number of hydrogen-bond acceptors (Lipinski definition) is 2. The molecule has 3 nitrogen and oxygen atoms in total. The van der Waals surface area contributed by atoms with Gasteiger partial charge in [0.25, 0.3) is 5.91 Å². The van der Waals surface area contributed by atoms with Crippen LogP contribution in [-0.4, -0.2) is 29.4 Å². The SMILES string of the molecule is CN1CCc2nc(Cl)ccc2C1=O. The molecule has 0 fully saturated rings. The average molecular weight is 197 g/mol. The summed E-state index contributed by atoms with van der Waals surface area (Å²) in [5.41, 5.74) is 1.49. The first-order chi connectivity index (χ1) is 6.18. The summed E-state index contributed by atoms with van der Waals surface area (Å²) in [5.74, 6) is 0.0328. The molecular formula is C9H9ClN2O. The monoisotopic (exact) mass is 196 g/mol. The number of hydrogen-bond donors (Lipinski definition) is 0. The van der Waals surface area contributed by atoms with E-state index < -0.39 is 0 Å². The van der Waals surface area contributed by atoms with Gasteiger partial charge in [-0.1, -0.05) is 11.6 Å². The number of fused-ring (bicyclic) bond motifs is 1. The van der Waals surface area contributed by atoms with Crippen molar-refractivity contribution in [3.8, 4) is 0 Å². The standard InChI is InChI=1S/C9H9ClN2O/c1-12-5-4-7-6(9(12)13)2-3-8(10)11-7/h2-3H,4-5H2,1H3. The van der Waals surface area contributed by atoms with Gasteiger partial charge in [0, 0.05) is 20.0 Å². The number of aromatic nitrogens is 1. The summed E-state index contributed by atoms with van der Waals surface area (Å²) in [7, 11) is 1.79. The summed E-state index contributed by atoms with van der Waals surface area (Å²) < 4.78 is 0. The van der Waals surface area contributed by atoms with Gasteiger partial charge in [-0.15, -0.1) is 0 Å². The molecule has 1 aliphatic rings. The van der Waals surface area contributed by atoms with Crippen molar-refractivity contribution in [1.82, 2.24) is 9.88 Å². The van der Waals surface area contributed by atoms with Crippen LogP contribution in [-0.2, 0) is 6.42 Å². The van der Waals surface area contributed by atoms with Crippen molar-refractivity contribution in [2.45, 2.75) is 6.42 Å². The largest absolute Gasteiger partial charge is 0.341 e. The number of amides is 1. The molecule has 68 valence electrons. The lowest BCUT2D eigenvalue weighted by molar-refractivity contribution is 0.0779. The zero-order valence-corrected chi connectivity index (χ0v) is 8.01. The average Bonchev–Trinajstić information content (AvgIpc) is 2.12. The number of rotatable bonds is 0. The molecule has 2 rings (SSSR count). The van der Waals surface area contributed by atoms with E-state index in [0.717, 1.165) is 18.7 Å². The molecule has 0 aromatic carbocycles. The summed E-state index contributed by atoms with van der Waals surface area (Å²) in [6.45, 7) is 0.721. The molecule has 0 aliphatic carbocycles. The number of carbonyl (C=O) groups is 1. The van der Waals surface area contributed by atoms with Crippen LogP contribution in [0.15, 0.2) is 12.1 Å². The summed E-state index contributed by atoms with van der Waals surface area (Å²) in [6.07, 6.45) is 0.790. The molecule has 0 radical (unpaired) electrons. The normalized spacial score (nSPS) is 15.8. The molecule has 0 spiro atoms. The highest BCUT2D eigenvalue weighted by atomic mass is 35.5. The van der Waals surface area contributed by atoms with Gasteiger partial charge in [-0.25, -0.2) is 4.98 Å². The number of pyridine rings is 1. The first-order valence-electron chi connectivity index (χ1n) is 4.09. The van der Waals surface area contributed by atoms with Crippen LogP contribution < -0.4 is 0 Å². The Morgan fingerprint density at radius 2 is 2.31 bits per heavy atom. The summed E-state index contributed by atoms with van der Waals surface area (Å²) in [5, 5.41) is 0.455. The highest BCUT2D eigenvalue weighted by Gasteiger charge is 2.22. The van der Waals surface area contributed by atoms with E-state index in [1.807, 2.05) is 0 Å². The molecule has 0 bridgehead atoms. The zero-order valence-electron chi connectivity index (χ0n) is 7.25. The molecule has 0 N–H and O–H groups in total. The van der Waals surface area contributed by atoms with E-state index in [0.29, 0.717) is 10.7 Å². The third-order valence-corrected chi connectivity index (χ3v) is 2.41. The fourth-order valence-corrected chi connectivity index (χ4v) is 1.61. The quantitative estimate of drug-likeness (QED) is 0.587. The molecule has 0 saturated heterocycles. The van der Waals surface area contributed by atoms with Crippen LogP contribution in [0.25, 0.3) is 0 Å². The first kappa shape index (κ1) is 8.51. The minimum atomic E-state index is 0.0328. The van der Waals surface area contributed by atoms with Crippen molar-refractivity contribution in [3.05, 3.63) is 28.5 Å². The van der Waals surface area contributed by atoms with Gasteiger partial charge in [0.15, 0.2) is 0 Å². The molecule has 0 atom stereocenters. The van der Waals surface area contributed by atoms with Crippen LogP contribution in [0.3, 0.4) is 0 Å². The van der Waals surface area contributed by atoms with E-state index in [4.69, 9.17) is 11.6 Å². The fraction of sp³-hybridized carbons (Fsp3) is 0.333. The van der Waals surface area contributed by atoms with Crippen molar-refractivity contribution in [2.75, 3.05) is 13.6 Å². The summed E-state index contributed by atoms with van der Waals surface area (Å²) in [6, 6.07) is 3.39. The maximum Gasteiger partial charge on any atom is 0.255 e. The van der Waals surface area contributed by atoms with E-state index in [-0.39, 0.29) is 5.91 Å². The van der Waals surface area contributed by atoms with E-state index in [9.17, 15) is 4.79 Å². The van der Waals surface area contributed by atoms with Gasteiger partial charge in [0.05, 0.1) is 11.3 Å². The van der Waals surface area contributed by atoms with Crippen LogP contribution >= 0.6 is 11.6 Å². The number of likely N-dealkylation sites (N-methyl/N-ethyl adjacent to an activating group) is 1. The van der Waals surface area contributed by atoms with E-state index in [2.05, 4.69) is 4.98 Å². The van der Waals surface area contributed by atoms with Crippen molar-refractivity contribution in [2.24, 2.45) is 0 Å². The Kier molecular flexibility index (Phi) is 1.96. The van der Waals surface area contributed by atoms with E-state index in [1.165, 1.54) is 0 Å². The Hall–Kier alpha value is -1.09. The van der Waals surface area contributed by atoms with Crippen molar-refractivity contribution < 1.29 is 4.79 Å². The predicted molar refractivity (Wildman–Crippen MR) is 49.9 cm³/mol. The van der Waals surface area contributed by atoms with E-state index >= 15 is 0 Å². The van der Waals surface area contributed by atoms with Crippen molar-refractivity contribution in [3.63, 3.8) is 0 Å². The van der Waals surface area contributed by atoms with Crippen molar-refractivity contribution >= 4 is 17.5 Å². The van der Waals surface area contributed by atoms with E-state index in [1.54, 1.807) is 24.1 Å². The maximum atomic E-state index is 11.6. The van der Waals surface area contributed by atoms with Gasteiger partial charge in [0.2, 0.25) is 0 Å². The molecule has 0 unspecified atom stereocenters. The Bertz CT molecular complexity index is 365. The Morgan fingerprint density at radius 1 is 1.54 bits per heavy atom. The molecule has 1 aromatic rings. The molecule has 0 saturated carbocycles. The molecule has 13 heavy (non-hydrogen) atoms. The smallest absolute Gasteiger partial charge is 0.255 e. The van der Waals surface area contributed by atoms with Gasteiger partial charge in [-0.05, 0) is 12.1 Å². The summed E-state index contributed by atoms with van der Waals surface area (Å²) in [4.78, 5) is 17.4. The number of halogens is 1. The lowest BCUT2D eigenvalue weighted by Gasteiger charge is -2.23. The Labute approximate surface area is 81.3 Å². The molecule has 4 heteroatoms. The topological polar surface area (TPSA) is 33.2 Å². The Morgan fingerprint density at radius 3 is 3.08 bits per heavy atom. The predicted octanol–water partition coefficient (Wildman–Crippen LogP) is 1.36. The van der Waals surface area contributed by atoms with Gasteiger partial charge >= 0.3 is 0 Å². The maximum absolute atomic E-state index is 11.6. The van der Waals surface area contributed by atoms with Gasteiger partial charge in [-0.2, -0.15) is 0 Å². The molecule has 1 aromatic heterocycles. The second kappa shape index (κ2) is 3.00. The van der Waals surface area contributed by atoms with Crippen LogP contribution in [0.5, 0.6) is 0 Å². The second-order valence-electron chi connectivity index (χ2n) is 3.10. The lowest BCUT2D eigenvalue weighted by atomic mass is 10.1. The number of carbonyl (C=O) groups excluding carboxylic acids is 1. The van der Waals surface area contributed by atoms with Crippen molar-refractivity contribution in [1.29, 1.82) is 0 Å². The first-order valence-corrected chi connectivity index (χ1v) is 4.47. The highest BCUT2D eigenvalue weighted by molar-refractivity contribution is 6.29. The highest BCUT2D eigenvalue weighted by Crippen LogP contribution is 2.18. The lowest BCUT2D eigenvalue weighted by Crippen LogP contribution is -2.34. The van der Waals surface area contributed by atoms with Crippen LogP contribution in [0.2, 0.25) is 5.15 Å². The van der Waals surface area contributed by atoms with Gasteiger partial charge in [0.1, 0.15) is 5.15 Å². The third kappa shape index (κ3) is 1.40. The molecule has 2 heterocycles. The summed E-state index contributed by atoms with van der Waals surface area (Å²) >= 11 is 5.72. The third-order valence-electron chi connectivity index (χ3n) is 2.20. The number of nitrogens with zero attached hydrogens (tertiary/aromatic N) is 2. The second-order valence-corrected chi connectivity index (χ2v) is 3.49. The molecule has 1 aliphatic heterocycles. The fourth-order valence-electron chi connectivity index (χ4n) is 1.44.